The lowest BCUT2D eigenvalue weighted by Gasteiger charge is -2.17. The zero-order valence-corrected chi connectivity index (χ0v) is 15.1. The van der Waals surface area contributed by atoms with Gasteiger partial charge in [0.2, 0.25) is 5.91 Å². The molecule has 0 saturated carbocycles. The van der Waals surface area contributed by atoms with E-state index >= 15 is 0 Å². The SMILES string of the molecule is O=C(CSc1cccc2cccnc12)N/N=C1\CCc2ccccc2C1. The summed E-state index contributed by atoms with van der Waals surface area (Å²) in [5.74, 6) is 0.234. The van der Waals surface area contributed by atoms with Gasteiger partial charge in [0, 0.05) is 28.6 Å². The predicted octanol–water partition coefficient (Wildman–Crippen LogP) is 3.99. The molecule has 0 atom stereocenters. The lowest BCUT2D eigenvalue weighted by atomic mass is 9.90. The van der Waals surface area contributed by atoms with E-state index in [0.29, 0.717) is 5.75 Å². The number of amides is 1. The number of para-hydroxylation sites is 1. The lowest BCUT2D eigenvalue weighted by Crippen LogP contribution is -2.24. The number of hydrazone groups is 1. The van der Waals surface area contributed by atoms with Gasteiger partial charge in [-0.3, -0.25) is 9.78 Å². The van der Waals surface area contributed by atoms with Crippen LogP contribution in [0.1, 0.15) is 17.5 Å². The van der Waals surface area contributed by atoms with Gasteiger partial charge in [0.05, 0.1) is 11.3 Å². The molecule has 3 aromatic rings. The number of pyridine rings is 1. The Labute approximate surface area is 156 Å². The van der Waals surface area contributed by atoms with Crippen LogP contribution in [0.5, 0.6) is 0 Å². The van der Waals surface area contributed by atoms with Gasteiger partial charge in [0.25, 0.3) is 0 Å². The molecule has 1 aliphatic carbocycles. The van der Waals surface area contributed by atoms with Crippen molar-refractivity contribution in [2.45, 2.75) is 24.2 Å². The number of carbonyl (C=O) groups is 1. The number of fused-ring (bicyclic) bond motifs is 2. The van der Waals surface area contributed by atoms with Gasteiger partial charge < -0.3 is 0 Å². The highest BCUT2D eigenvalue weighted by Gasteiger charge is 2.14. The lowest BCUT2D eigenvalue weighted by molar-refractivity contribution is -0.118. The molecule has 0 bridgehead atoms. The van der Waals surface area contributed by atoms with Crippen LogP contribution < -0.4 is 5.43 Å². The van der Waals surface area contributed by atoms with Crippen molar-refractivity contribution >= 4 is 34.3 Å². The number of benzene rings is 2. The van der Waals surface area contributed by atoms with Crippen molar-refractivity contribution in [1.82, 2.24) is 10.4 Å². The Morgan fingerprint density at radius 3 is 2.81 bits per heavy atom. The molecule has 130 valence electrons. The highest BCUT2D eigenvalue weighted by atomic mass is 32.2. The third kappa shape index (κ3) is 3.78. The molecular formula is C21H19N3OS. The molecule has 0 radical (unpaired) electrons. The van der Waals surface area contributed by atoms with Crippen LogP contribution in [0.15, 0.2) is 70.8 Å². The quantitative estimate of drug-likeness (QED) is 0.565. The van der Waals surface area contributed by atoms with Crippen molar-refractivity contribution in [1.29, 1.82) is 0 Å². The van der Waals surface area contributed by atoms with Crippen LogP contribution in [0.3, 0.4) is 0 Å². The number of thioether (sulfide) groups is 1. The van der Waals surface area contributed by atoms with Gasteiger partial charge in [0.15, 0.2) is 0 Å². The van der Waals surface area contributed by atoms with Gasteiger partial charge in [-0.2, -0.15) is 5.10 Å². The molecule has 0 spiro atoms. The molecule has 1 N–H and O–H groups in total. The molecule has 1 amide bonds. The van der Waals surface area contributed by atoms with Gasteiger partial charge >= 0.3 is 0 Å². The number of aromatic nitrogens is 1. The molecule has 0 unspecified atom stereocenters. The van der Waals surface area contributed by atoms with E-state index in [0.717, 1.165) is 40.8 Å². The second kappa shape index (κ2) is 7.70. The van der Waals surface area contributed by atoms with Crippen molar-refractivity contribution in [2.24, 2.45) is 5.10 Å². The summed E-state index contributed by atoms with van der Waals surface area (Å²) in [4.78, 5) is 17.6. The molecule has 1 heterocycles. The Hall–Kier alpha value is -2.66. The first kappa shape index (κ1) is 16.8. The maximum absolute atomic E-state index is 12.2. The second-order valence-electron chi connectivity index (χ2n) is 6.28. The average molecular weight is 361 g/mol. The van der Waals surface area contributed by atoms with E-state index in [9.17, 15) is 4.79 Å². The summed E-state index contributed by atoms with van der Waals surface area (Å²) in [6.45, 7) is 0. The standard InChI is InChI=1S/C21H19N3OS/c25-20(14-26-19-9-3-7-16-8-4-12-22-21(16)19)24-23-18-11-10-15-5-1-2-6-17(15)13-18/h1-9,12H,10-11,13-14H2,(H,24,25)/b23-18+. The molecular weight excluding hydrogens is 342 g/mol. The van der Waals surface area contributed by atoms with Crippen LogP contribution in [-0.4, -0.2) is 22.4 Å². The molecule has 2 aromatic carbocycles. The molecule has 0 saturated heterocycles. The molecule has 0 fully saturated rings. The van der Waals surface area contributed by atoms with Gasteiger partial charge in [0.1, 0.15) is 0 Å². The highest BCUT2D eigenvalue weighted by Crippen LogP contribution is 2.25. The smallest absolute Gasteiger partial charge is 0.250 e. The number of nitrogens with zero attached hydrogens (tertiary/aromatic N) is 2. The van der Waals surface area contributed by atoms with Crippen LogP contribution in [0.25, 0.3) is 10.9 Å². The Morgan fingerprint density at radius 1 is 1.04 bits per heavy atom. The highest BCUT2D eigenvalue weighted by molar-refractivity contribution is 8.00. The van der Waals surface area contributed by atoms with Crippen molar-refractivity contribution in [3.8, 4) is 0 Å². The monoisotopic (exact) mass is 361 g/mol. The van der Waals surface area contributed by atoms with Crippen LogP contribution >= 0.6 is 11.8 Å². The summed E-state index contributed by atoms with van der Waals surface area (Å²) < 4.78 is 0. The van der Waals surface area contributed by atoms with Crippen LogP contribution in [0.2, 0.25) is 0 Å². The molecule has 5 heteroatoms. The Balaban J connectivity index is 1.36. The summed E-state index contributed by atoms with van der Waals surface area (Å²) in [6, 6.07) is 18.4. The Bertz CT molecular complexity index is 978. The zero-order valence-electron chi connectivity index (χ0n) is 14.3. The largest absolute Gasteiger partial charge is 0.272 e. The fourth-order valence-corrected chi connectivity index (χ4v) is 4.00. The molecule has 0 aliphatic heterocycles. The number of carbonyl (C=O) groups excluding carboxylic acids is 1. The first-order valence-electron chi connectivity index (χ1n) is 8.67. The Morgan fingerprint density at radius 2 is 1.88 bits per heavy atom. The van der Waals surface area contributed by atoms with Crippen molar-refractivity contribution in [3.05, 3.63) is 71.9 Å². The van der Waals surface area contributed by atoms with Gasteiger partial charge in [-0.15, -0.1) is 11.8 Å². The summed E-state index contributed by atoms with van der Waals surface area (Å²) in [5.41, 5.74) is 7.37. The van der Waals surface area contributed by atoms with E-state index in [1.807, 2.05) is 30.3 Å². The van der Waals surface area contributed by atoms with Crippen LogP contribution in [0, 0.1) is 0 Å². The summed E-state index contributed by atoms with van der Waals surface area (Å²) in [7, 11) is 0. The maximum atomic E-state index is 12.2. The summed E-state index contributed by atoms with van der Waals surface area (Å²) in [5, 5.41) is 5.43. The molecule has 1 aromatic heterocycles. The fraction of sp³-hybridized carbons (Fsp3) is 0.190. The number of hydrogen-bond acceptors (Lipinski definition) is 4. The molecule has 4 rings (SSSR count). The average Bonchev–Trinajstić information content (AvgIpc) is 2.70. The fourth-order valence-electron chi connectivity index (χ4n) is 3.17. The van der Waals surface area contributed by atoms with Crippen LogP contribution in [-0.2, 0) is 17.6 Å². The molecule has 4 nitrogen and oxygen atoms in total. The van der Waals surface area contributed by atoms with E-state index in [2.05, 4.69) is 39.8 Å². The van der Waals surface area contributed by atoms with E-state index in [1.54, 1.807) is 6.20 Å². The van der Waals surface area contributed by atoms with Gasteiger partial charge in [-0.1, -0.05) is 42.5 Å². The summed E-state index contributed by atoms with van der Waals surface area (Å²) in [6.07, 6.45) is 4.48. The van der Waals surface area contributed by atoms with E-state index in [4.69, 9.17) is 0 Å². The van der Waals surface area contributed by atoms with Gasteiger partial charge in [-0.25, -0.2) is 5.43 Å². The predicted molar refractivity (Wildman–Crippen MR) is 107 cm³/mol. The maximum Gasteiger partial charge on any atom is 0.250 e. The number of hydrogen-bond donors (Lipinski definition) is 1. The van der Waals surface area contributed by atoms with Crippen molar-refractivity contribution < 1.29 is 4.79 Å². The van der Waals surface area contributed by atoms with E-state index in [-0.39, 0.29) is 5.91 Å². The normalized spacial score (nSPS) is 15.0. The van der Waals surface area contributed by atoms with Crippen molar-refractivity contribution in [3.63, 3.8) is 0 Å². The zero-order chi connectivity index (χ0) is 17.8. The topological polar surface area (TPSA) is 54.4 Å². The summed E-state index contributed by atoms with van der Waals surface area (Å²) >= 11 is 1.49. The third-order valence-electron chi connectivity index (χ3n) is 4.49. The minimum Gasteiger partial charge on any atom is -0.272 e. The second-order valence-corrected chi connectivity index (χ2v) is 7.30. The Kier molecular flexibility index (Phi) is 4.97. The first-order chi connectivity index (χ1) is 12.8. The number of aryl methyl sites for hydroxylation is 1. The number of rotatable bonds is 4. The minimum absolute atomic E-state index is 0.0886. The van der Waals surface area contributed by atoms with E-state index in [1.165, 1.54) is 22.9 Å². The third-order valence-corrected chi connectivity index (χ3v) is 5.54. The number of nitrogens with one attached hydrogen (secondary N) is 1. The van der Waals surface area contributed by atoms with Gasteiger partial charge in [-0.05, 0) is 36.1 Å². The van der Waals surface area contributed by atoms with E-state index < -0.39 is 0 Å². The minimum atomic E-state index is -0.0886. The molecule has 1 aliphatic rings. The van der Waals surface area contributed by atoms with Crippen LogP contribution in [0.4, 0.5) is 0 Å². The molecule has 26 heavy (non-hydrogen) atoms. The van der Waals surface area contributed by atoms with Crippen molar-refractivity contribution in [2.75, 3.05) is 5.75 Å². The first-order valence-corrected chi connectivity index (χ1v) is 9.66.